The average Bonchev–Trinajstić information content (AvgIpc) is 3.29. The molecule has 210 valence electrons. The highest BCUT2D eigenvalue weighted by molar-refractivity contribution is 7.15. The molecule has 1 aromatic carbocycles. The number of likely N-dealkylation sites (N-methyl/N-ethyl adjacent to an activating group) is 1. The normalized spacial score (nSPS) is 28.4. The van der Waals surface area contributed by atoms with Crippen molar-refractivity contribution in [2.45, 2.75) is 51.6 Å². The van der Waals surface area contributed by atoms with Crippen molar-refractivity contribution < 1.29 is 24.5 Å². The summed E-state index contributed by atoms with van der Waals surface area (Å²) in [5.74, 6) is 1.25. The zero-order chi connectivity index (χ0) is 27.7. The molecule has 1 amide bonds. The highest BCUT2D eigenvalue weighted by Gasteiger charge is 2.59. The highest BCUT2D eigenvalue weighted by Crippen LogP contribution is 2.63. The maximum atomic E-state index is 13.2. The average molecular weight is 547 g/mol. The largest absolute Gasteiger partial charge is 0.497 e. The number of ether oxygens (including phenoxy) is 2. The lowest BCUT2D eigenvalue weighted by Crippen LogP contribution is -2.57. The fraction of sp³-hybridized carbons (Fsp3) is 0.643. The SMILES string of the molecule is COc1ccc(OC)c(Nc2nc3c(s2)C[C@@H]2[C@](C)(CO)[C@H](O)CC[C@@]2(C)[C@@H]3CC(=O)NCCN(C)C)c1. The molecule has 2 aliphatic carbocycles. The Balaban J connectivity index is 1.70. The summed E-state index contributed by atoms with van der Waals surface area (Å²) in [5.41, 5.74) is 0.743. The van der Waals surface area contributed by atoms with Crippen molar-refractivity contribution in [1.29, 1.82) is 0 Å². The predicted octanol–water partition coefficient (Wildman–Crippen LogP) is 3.39. The first-order valence-electron chi connectivity index (χ1n) is 13.2. The van der Waals surface area contributed by atoms with E-state index in [9.17, 15) is 15.0 Å². The number of amides is 1. The lowest BCUT2D eigenvalue weighted by Gasteiger charge is -2.58. The van der Waals surface area contributed by atoms with E-state index in [4.69, 9.17) is 14.5 Å². The number of nitrogens with zero attached hydrogens (tertiary/aromatic N) is 2. The number of benzene rings is 1. The van der Waals surface area contributed by atoms with Crippen molar-refractivity contribution >= 4 is 28.1 Å². The molecular weight excluding hydrogens is 504 g/mol. The second kappa shape index (κ2) is 11.4. The van der Waals surface area contributed by atoms with Crippen LogP contribution in [0.1, 0.15) is 49.6 Å². The van der Waals surface area contributed by atoms with E-state index < -0.39 is 11.5 Å². The number of hydrogen-bond acceptors (Lipinski definition) is 9. The van der Waals surface area contributed by atoms with Gasteiger partial charge in [0.25, 0.3) is 0 Å². The number of nitrogens with one attached hydrogen (secondary N) is 2. The van der Waals surface area contributed by atoms with Gasteiger partial charge in [0.2, 0.25) is 5.91 Å². The highest BCUT2D eigenvalue weighted by atomic mass is 32.1. The predicted molar refractivity (Wildman–Crippen MR) is 150 cm³/mol. The number of thiazole rings is 1. The molecule has 2 aromatic rings. The van der Waals surface area contributed by atoms with Crippen LogP contribution in [-0.2, 0) is 11.2 Å². The van der Waals surface area contributed by atoms with Crippen LogP contribution in [0.3, 0.4) is 0 Å². The smallest absolute Gasteiger partial charge is 0.220 e. The van der Waals surface area contributed by atoms with Gasteiger partial charge in [-0.25, -0.2) is 4.98 Å². The van der Waals surface area contributed by atoms with E-state index in [2.05, 4.69) is 17.6 Å². The summed E-state index contributed by atoms with van der Waals surface area (Å²) >= 11 is 1.56. The van der Waals surface area contributed by atoms with Crippen molar-refractivity contribution in [1.82, 2.24) is 15.2 Å². The second-order valence-electron chi connectivity index (χ2n) is 11.4. The van der Waals surface area contributed by atoms with Crippen molar-refractivity contribution in [3.8, 4) is 11.5 Å². The van der Waals surface area contributed by atoms with Crippen LogP contribution in [0, 0.1) is 16.7 Å². The summed E-state index contributed by atoms with van der Waals surface area (Å²) in [4.78, 5) is 21.3. The molecule has 4 N–H and O–H groups in total. The third kappa shape index (κ3) is 5.36. The monoisotopic (exact) mass is 546 g/mol. The minimum absolute atomic E-state index is 0.00141. The minimum atomic E-state index is -0.655. The van der Waals surface area contributed by atoms with Gasteiger partial charge >= 0.3 is 0 Å². The molecule has 0 aliphatic heterocycles. The number of carbonyl (C=O) groups excluding carboxylic acids is 1. The zero-order valence-electron chi connectivity index (χ0n) is 23.3. The Morgan fingerprint density at radius 1 is 1.26 bits per heavy atom. The quantitative estimate of drug-likeness (QED) is 0.359. The van der Waals surface area contributed by atoms with Crippen LogP contribution in [0.25, 0.3) is 0 Å². The van der Waals surface area contributed by atoms with Crippen LogP contribution in [-0.4, -0.2) is 80.1 Å². The maximum Gasteiger partial charge on any atom is 0.220 e. The summed E-state index contributed by atoms with van der Waals surface area (Å²) < 4.78 is 10.9. The molecule has 10 heteroatoms. The Labute approximate surface area is 229 Å². The van der Waals surface area contributed by atoms with Crippen LogP contribution < -0.4 is 20.1 Å². The number of fused-ring (bicyclic) bond motifs is 2. The molecule has 0 spiro atoms. The Kier molecular flexibility index (Phi) is 8.56. The van der Waals surface area contributed by atoms with E-state index in [-0.39, 0.29) is 29.8 Å². The number of rotatable bonds is 10. The van der Waals surface area contributed by atoms with Gasteiger partial charge in [0.05, 0.1) is 38.3 Å². The van der Waals surface area contributed by atoms with Crippen LogP contribution in [0.2, 0.25) is 0 Å². The molecule has 9 nitrogen and oxygen atoms in total. The van der Waals surface area contributed by atoms with E-state index in [0.29, 0.717) is 42.4 Å². The van der Waals surface area contributed by atoms with Gasteiger partial charge in [0.15, 0.2) is 5.13 Å². The first-order valence-corrected chi connectivity index (χ1v) is 14.1. The third-order valence-electron chi connectivity index (χ3n) is 8.81. The van der Waals surface area contributed by atoms with Gasteiger partial charge in [-0.2, -0.15) is 0 Å². The summed E-state index contributed by atoms with van der Waals surface area (Å²) in [7, 11) is 7.21. The molecule has 5 atom stereocenters. The number of hydrogen-bond donors (Lipinski definition) is 4. The van der Waals surface area contributed by atoms with Crippen molar-refractivity contribution in [2.75, 3.05) is 53.3 Å². The summed E-state index contributed by atoms with van der Waals surface area (Å²) in [6.45, 7) is 5.45. The molecule has 1 saturated carbocycles. The first kappa shape index (κ1) is 28.6. The zero-order valence-corrected chi connectivity index (χ0v) is 24.2. The lowest BCUT2D eigenvalue weighted by molar-refractivity contribution is -0.144. The van der Waals surface area contributed by atoms with E-state index in [1.807, 2.05) is 44.1 Å². The van der Waals surface area contributed by atoms with Gasteiger partial charge in [-0.1, -0.05) is 13.8 Å². The van der Waals surface area contributed by atoms with E-state index in [1.165, 1.54) is 0 Å². The molecule has 0 unspecified atom stereocenters. The number of carbonyl (C=O) groups is 1. The van der Waals surface area contributed by atoms with Gasteiger partial charge in [0, 0.05) is 41.8 Å². The van der Waals surface area contributed by atoms with Gasteiger partial charge in [-0.3, -0.25) is 4.79 Å². The van der Waals surface area contributed by atoms with Gasteiger partial charge in [-0.05, 0) is 56.8 Å². The van der Waals surface area contributed by atoms with Crippen LogP contribution >= 0.6 is 11.3 Å². The van der Waals surface area contributed by atoms with E-state index in [1.54, 1.807) is 25.6 Å². The molecule has 1 aromatic heterocycles. The maximum absolute atomic E-state index is 13.2. The number of methoxy groups -OCH3 is 2. The topological polar surface area (TPSA) is 116 Å². The number of anilines is 2. The van der Waals surface area contributed by atoms with Crippen LogP contribution in [0.4, 0.5) is 10.8 Å². The molecular formula is C28H42N4O5S. The molecule has 2 aliphatic rings. The summed E-state index contributed by atoms with van der Waals surface area (Å²) in [6, 6.07) is 5.56. The number of aromatic nitrogens is 1. The summed E-state index contributed by atoms with van der Waals surface area (Å²) in [5, 5.41) is 28.6. The number of aliphatic hydroxyl groups is 2. The Morgan fingerprint density at radius 3 is 2.68 bits per heavy atom. The standard InChI is InChI=1S/C28H42N4O5S/c1-27-10-9-23(34)28(2,16-33)22(27)15-21-25(18(27)14-24(35)29-11-12-32(3)4)31-26(38-21)30-19-13-17(36-5)7-8-20(19)37-6/h7-8,13,18,22-23,33-34H,9-12,14-16H2,1-6H3,(H,29,35)(H,30,31)/t18-,22+,23-,27+,28+/m1/s1. The third-order valence-corrected chi connectivity index (χ3v) is 9.82. The Hall–Kier alpha value is -2.40. The van der Waals surface area contributed by atoms with Crippen molar-refractivity contribution in [2.24, 2.45) is 16.7 Å². The fourth-order valence-electron chi connectivity index (χ4n) is 6.40. The summed E-state index contributed by atoms with van der Waals surface area (Å²) in [6.07, 6.45) is 1.79. The van der Waals surface area contributed by atoms with Gasteiger partial charge in [-0.15, -0.1) is 11.3 Å². The molecule has 0 radical (unpaired) electrons. The Bertz CT molecular complexity index is 1140. The molecule has 38 heavy (non-hydrogen) atoms. The molecule has 0 bridgehead atoms. The molecule has 0 saturated heterocycles. The molecule has 4 rings (SSSR count). The Morgan fingerprint density at radius 2 is 2.03 bits per heavy atom. The first-order chi connectivity index (χ1) is 18.0. The molecule has 1 heterocycles. The van der Waals surface area contributed by atoms with Gasteiger partial charge in [0.1, 0.15) is 11.5 Å². The lowest BCUT2D eigenvalue weighted by atomic mass is 9.47. The van der Waals surface area contributed by atoms with E-state index in [0.717, 1.165) is 29.2 Å². The van der Waals surface area contributed by atoms with E-state index >= 15 is 0 Å². The van der Waals surface area contributed by atoms with Crippen molar-refractivity contribution in [3.05, 3.63) is 28.8 Å². The fourth-order valence-corrected chi connectivity index (χ4v) is 7.48. The molecule has 1 fully saturated rings. The van der Waals surface area contributed by atoms with Crippen LogP contribution in [0.15, 0.2) is 18.2 Å². The van der Waals surface area contributed by atoms with Crippen LogP contribution in [0.5, 0.6) is 11.5 Å². The van der Waals surface area contributed by atoms with Gasteiger partial charge < -0.3 is 35.2 Å². The number of aliphatic hydroxyl groups excluding tert-OH is 2. The minimum Gasteiger partial charge on any atom is -0.497 e. The second-order valence-corrected chi connectivity index (χ2v) is 12.5. The van der Waals surface area contributed by atoms with Crippen molar-refractivity contribution in [3.63, 3.8) is 0 Å².